The molecule has 0 atom stereocenters. The number of hydrogen-bond acceptors (Lipinski definition) is 3. The van der Waals surface area contributed by atoms with Gasteiger partial charge in [0.1, 0.15) is 11.5 Å². The molecule has 0 saturated heterocycles. The average molecular weight is 293 g/mol. The van der Waals surface area contributed by atoms with Gasteiger partial charge in [0.2, 0.25) is 5.91 Å². The predicted molar refractivity (Wildman–Crippen MR) is 77.6 cm³/mol. The number of carbonyl (C=O) groups excluding carboxylic acids is 1. The minimum Gasteiger partial charge on any atom is -0.379 e. The fourth-order valence-corrected chi connectivity index (χ4v) is 1.95. The quantitative estimate of drug-likeness (QED) is 0.794. The molecular weight excluding hydrogens is 273 g/mol. The van der Waals surface area contributed by atoms with Crippen molar-refractivity contribution < 1.29 is 13.9 Å². The first kappa shape index (κ1) is 15.4. The molecule has 2 heterocycles. The normalized spacial score (nSPS) is 11.2. The third-order valence-corrected chi connectivity index (χ3v) is 2.90. The number of nitrogens with zero attached hydrogens (tertiary/aromatic N) is 2. The van der Waals surface area contributed by atoms with Crippen molar-refractivity contribution in [2.24, 2.45) is 0 Å². The van der Waals surface area contributed by atoms with Crippen LogP contribution < -0.4 is 5.32 Å². The average Bonchev–Trinajstić information content (AvgIpc) is 2.79. The molecule has 0 spiro atoms. The Morgan fingerprint density at radius 1 is 1.43 bits per heavy atom. The van der Waals surface area contributed by atoms with Crippen LogP contribution in [0.5, 0.6) is 0 Å². The van der Waals surface area contributed by atoms with Gasteiger partial charge in [-0.15, -0.1) is 0 Å². The fourth-order valence-electron chi connectivity index (χ4n) is 1.95. The SMILES string of the molecule is CC(C)OCCCNC(=O)Cc1cn2cc(F)ccc2n1. The van der Waals surface area contributed by atoms with Gasteiger partial charge in [0, 0.05) is 25.5 Å². The van der Waals surface area contributed by atoms with Gasteiger partial charge in [0.25, 0.3) is 0 Å². The maximum absolute atomic E-state index is 13.1. The van der Waals surface area contributed by atoms with Gasteiger partial charge in [0.05, 0.1) is 18.2 Å². The first-order valence-corrected chi connectivity index (χ1v) is 7.06. The lowest BCUT2D eigenvalue weighted by Gasteiger charge is -2.07. The summed E-state index contributed by atoms with van der Waals surface area (Å²) in [6.45, 7) is 5.16. The second kappa shape index (κ2) is 7.17. The fraction of sp³-hybridized carbons (Fsp3) is 0.467. The molecule has 21 heavy (non-hydrogen) atoms. The van der Waals surface area contributed by atoms with Crippen LogP contribution in [-0.2, 0) is 16.0 Å². The molecule has 5 nitrogen and oxygen atoms in total. The lowest BCUT2D eigenvalue weighted by atomic mass is 10.3. The maximum Gasteiger partial charge on any atom is 0.226 e. The van der Waals surface area contributed by atoms with E-state index in [2.05, 4.69) is 10.3 Å². The summed E-state index contributed by atoms with van der Waals surface area (Å²) in [5, 5.41) is 2.82. The molecule has 0 aromatic carbocycles. The highest BCUT2D eigenvalue weighted by Gasteiger charge is 2.07. The third-order valence-electron chi connectivity index (χ3n) is 2.90. The molecular formula is C15H20FN3O2. The molecule has 0 aliphatic heterocycles. The van der Waals surface area contributed by atoms with Crippen molar-refractivity contribution >= 4 is 11.6 Å². The van der Waals surface area contributed by atoms with Gasteiger partial charge in [-0.3, -0.25) is 4.79 Å². The number of nitrogens with one attached hydrogen (secondary N) is 1. The molecule has 0 fully saturated rings. The van der Waals surface area contributed by atoms with E-state index < -0.39 is 0 Å². The Bertz CT molecular complexity index is 610. The summed E-state index contributed by atoms with van der Waals surface area (Å²) in [4.78, 5) is 16.1. The second-order valence-electron chi connectivity index (χ2n) is 5.14. The Morgan fingerprint density at radius 2 is 2.24 bits per heavy atom. The van der Waals surface area contributed by atoms with Crippen LogP contribution in [0.2, 0.25) is 0 Å². The van der Waals surface area contributed by atoms with E-state index in [9.17, 15) is 9.18 Å². The molecule has 114 valence electrons. The van der Waals surface area contributed by atoms with Crippen molar-refractivity contribution in [3.05, 3.63) is 36.0 Å². The molecule has 2 aromatic rings. The largest absolute Gasteiger partial charge is 0.379 e. The molecule has 0 unspecified atom stereocenters. The Labute approximate surface area is 123 Å². The monoisotopic (exact) mass is 293 g/mol. The maximum atomic E-state index is 13.1. The molecule has 2 aromatic heterocycles. The van der Waals surface area contributed by atoms with Crippen LogP contribution >= 0.6 is 0 Å². The summed E-state index contributed by atoms with van der Waals surface area (Å²) in [7, 11) is 0. The molecule has 6 heteroatoms. The topological polar surface area (TPSA) is 55.6 Å². The van der Waals surface area contributed by atoms with Crippen molar-refractivity contribution in [2.45, 2.75) is 32.8 Å². The van der Waals surface area contributed by atoms with E-state index in [1.54, 1.807) is 16.7 Å². The van der Waals surface area contributed by atoms with Gasteiger partial charge in [-0.25, -0.2) is 9.37 Å². The Kier molecular flexibility index (Phi) is 5.27. The Morgan fingerprint density at radius 3 is 3.00 bits per heavy atom. The second-order valence-corrected chi connectivity index (χ2v) is 5.14. The Hall–Kier alpha value is -1.95. The van der Waals surface area contributed by atoms with Gasteiger partial charge >= 0.3 is 0 Å². The van der Waals surface area contributed by atoms with Crippen LogP contribution in [0.25, 0.3) is 5.65 Å². The zero-order valence-corrected chi connectivity index (χ0v) is 12.3. The van der Waals surface area contributed by atoms with Crippen molar-refractivity contribution in [3.63, 3.8) is 0 Å². The summed E-state index contributed by atoms with van der Waals surface area (Å²) >= 11 is 0. The number of ether oxygens (including phenoxy) is 1. The van der Waals surface area contributed by atoms with Crippen molar-refractivity contribution in [2.75, 3.05) is 13.2 Å². The van der Waals surface area contributed by atoms with Crippen LogP contribution in [0.1, 0.15) is 26.0 Å². The van der Waals surface area contributed by atoms with E-state index in [-0.39, 0.29) is 24.2 Å². The number of amides is 1. The third kappa shape index (κ3) is 4.82. The van der Waals surface area contributed by atoms with Crippen LogP contribution in [0.15, 0.2) is 24.5 Å². The molecule has 0 aliphatic rings. The van der Waals surface area contributed by atoms with Crippen molar-refractivity contribution in [1.29, 1.82) is 0 Å². The number of halogens is 1. The van der Waals surface area contributed by atoms with E-state index in [0.29, 0.717) is 24.5 Å². The number of hydrogen-bond donors (Lipinski definition) is 1. The highest BCUT2D eigenvalue weighted by molar-refractivity contribution is 5.78. The lowest BCUT2D eigenvalue weighted by molar-refractivity contribution is -0.120. The minimum absolute atomic E-state index is 0.0941. The molecule has 0 saturated carbocycles. The summed E-state index contributed by atoms with van der Waals surface area (Å²) < 4.78 is 20.0. The van der Waals surface area contributed by atoms with Gasteiger partial charge in [-0.1, -0.05) is 0 Å². The zero-order valence-electron chi connectivity index (χ0n) is 12.3. The molecule has 0 radical (unpaired) electrons. The van der Waals surface area contributed by atoms with Crippen molar-refractivity contribution in [1.82, 2.24) is 14.7 Å². The van der Waals surface area contributed by atoms with E-state index in [1.165, 1.54) is 12.3 Å². The molecule has 0 bridgehead atoms. The summed E-state index contributed by atoms with van der Waals surface area (Å²) in [5.41, 5.74) is 1.25. The summed E-state index contributed by atoms with van der Waals surface area (Å²) in [6.07, 6.45) is 4.18. The molecule has 0 aliphatic carbocycles. The highest BCUT2D eigenvalue weighted by atomic mass is 19.1. The van der Waals surface area contributed by atoms with Crippen LogP contribution in [0.4, 0.5) is 4.39 Å². The van der Waals surface area contributed by atoms with Crippen molar-refractivity contribution in [3.8, 4) is 0 Å². The van der Waals surface area contributed by atoms with E-state index in [1.807, 2.05) is 13.8 Å². The Balaban J connectivity index is 1.78. The molecule has 2 rings (SSSR count). The summed E-state index contributed by atoms with van der Waals surface area (Å²) in [6, 6.07) is 2.93. The van der Waals surface area contributed by atoms with E-state index in [4.69, 9.17) is 4.74 Å². The number of carbonyl (C=O) groups is 1. The van der Waals surface area contributed by atoms with Gasteiger partial charge in [0.15, 0.2) is 0 Å². The lowest BCUT2D eigenvalue weighted by Crippen LogP contribution is -2.27. The number of rotatable bonds is 7. The van der Waals surface area contributed by atoms with Gasteiger partial charge in [-0.2, -0.15) is 0 Å². The number of fused-ring (bicyclic) bond motifs is 1. The predicted octanol–water partition coefficient (Wildman–Crippen LogP) is 1.95. The smallest absolute Gasteiger partial charge is 0.226 e. The zero-order chi connectivity index (χ0) is 15.2. The minimum atomic E-state index is -0.332. The number of pyridine rings is 1. The van der Waals surface area contributed by atoms with Crippen LogP contribution in [0.3, 0.4) is 0 Å². The molecule has 1 amide bonds. The van der Waals surface area contributed by atoms with Crippen LogP contribution in [0, 0.1) is 5.82 Å². The highest BCUT2D eigenvalue weighted by Crippen LogP contribution is 2.07. The van der Waals surface area contributed by atoms with Gasteiger partial charge < -0.3 is 14.5 Å². The van der Waals surface area contributed by atoms with E-state index in [0.717, 1.165) is 6.42 Å². The standard InChI is InChI=1S/C15H20FN3O2/c1-11(2)21-7-3-6-17-15(20)8-13-10-19-9-12(16)4-5-14(19)18-13/h4-5,9-11H,3,6-8H2,1-2H3,(H,17,20). The van der Waals surface area contributed by atoms with Crippen LogP contribution in [-0.4, -0.2) is 34.5 Å². The van der Waals surface area contributed by atoms with E-state index >= 15 is 0 Å². The molecule has 1 N–H and O–H groups in total. The first-order chi connectivity index (χ1) is 10.0. The number of aromatic nitrogens is 2. The summed E-state index contributed by atoms with van der Waals surface area (Å²) in [5.74, 6) is -0.426. The van der Waals surface area contributed by atoms with Gasteiger partial charge in [-0.05, 0) is 32.4 Å². The first-order valence-electron chi connectivity index (χ1n) is 7.06. The number of imidazole rings is 1.